The highest BCUT2D eigenvalue weighted by molar-refractivity contribution is 5.74. The van der Waals surface area contributed by atoms with Gasteiger partial charge < -0.3 is 5.11 Å². The molecule has 1 saturated carbocycles. The number of hydrogen-bond acceptors (Lipinski definition) is 1. The van der Waals surface area contributed by atoms with E-state index in [1.54, 1.807) is 0 Å². The third-order valence-electron chi connectivity index (χ3n) is 3.41. The molecule has 1 aliphatic rings. The first-order valence-corrected chi connectivity index (χ1v) is 5.34. The van der Waals surface area contributed by atoms with Crippen LogP contribution in [0, 0.1) is 11.3 Å². The van der Waals surface area contributed by atoms with Crippen molar-refractivity contribution in [1.82, 2.24) is 0 Å². The normalized spacial score (nSPS) is 34.5. The van der Waals surface area contributed by atoms with Gasteiger partial charge in [0.25, 0.3) is 0 Å². The van der Waals surface area contributed by atoms with Crippen molar-refractivity contribution in [3.8, 4) is 0 Å². The lowest BCUT2D eigenvalue weighted by Gasteiger charge is -2.35. The lowest BCUT2D eigenvalue weighted by molar-refractivity contribution is -0.152. The molecule has 0 spiro atoms. The van der Waals surface area contributed by atoms with Gasteiger partial charge in [-0.2, -0.15) is 0 Å². The average molecular weight is 184 g/mol. The zero-order valence-corrected chi connectivity index (χ0v) is 8.68. The summed E-state index contributed by atoms with van der Waals surface area (Å²) in [5.41, 5.74) is -0.374. The molecule has 0 aliphatic heterocycles. The number of rotatable bonds is 3. The third kappa shape index (κ3) is 2.23. The van der Waals surface area contributed by atoms with Gasteiger partial charge in [-0.1, -0.05) is 20.3 Å². The van der Waals surface area contributed by atoms with E-state index in [0.29, 0.717) is 0 Å². The zero-order valence-electron chi connectivity index (χ0n) is 8.68. The van der Waals surface area contributed by atoms with Gasteiger partial charge in [0.1, 0.15) is 0 Å². The molecule has 2 heteroatoms. The molecule has 76 valence electrons. The first kappa shape index (κ1) is 10.6. The van der Waals surface area contributed by atoms with Crippen molar-refractivity contribution in [2.45, 2.75) is 52.4 Å². The fourth-order valence-electron chi connectivity index (χ4n) is 2.36. The SMILES string of the molecule is CCCC1(C(=O)O)CCC(C)CC1. The summed E-state index contributed by atoms with van der Waals surface area (Å²) in [6.07, 6.45) is 5.79. The maximum Gasteiger partial charge on any atom is 0.309 e. The van der Waals surface area contributed by atoms with E-state index in [0.717, 1.165) is 44.4 Å². The van der Waals surface area contributed by atoms with E-state index in [-0.39, 0.29) is 5.41 Å². The van der Waals surface area contributed by atoms with Crippen LogP contribution in [-0.2, 0) is 4.79 Å². The lowest BCUT2D eigenvalue weighted by Crippen LogP contribution is -2.34. The maximum atomic E-state index is 11.2. The van der Waals surface area contributed by atoms with Crippen molar-refractivity contribution in [1.29, 1.82) is 0 Å². The minimum Gasteiger partial charge on any atom is -0.481 e. The predicted octanol–water partition coefficient (Wildman–Crippen LogP) is 3.07. The molecule has 2 nitrogen and oxygen atoms in total. The number of hydrogen-bond donors (Lipinski definition) is 1. The van der Waals surface area contributed by atoms with Gasteiger partial charge >= 0.3 is 5.97 Å². The number of carboxylic acids is 1. The Kier molecular flexibility index (Phi) is 3.34. The summed E-state index contributed by atoms with van der Waals surface area (Å²) in [7, 11) is 0. The second-order valence-electron chi connectivity index (χ2n) is 4.52. The molecule has 0 radical (unpaired) electrons. The van der Waals surface area contributed by atoms with E-state index in [9.17, 15) is 9.90 Å². The highest BCUT2D eigenvalue weighted by Crippen LogP contribution is 2.42. The summed E-state index contributed by atoms with van der Waals surface area (Å²) in [4.78, 5) is 11.2. The van der Waals surface area contributed by atoms with Crippen LogP contribution in [0.4, 0.5) is 0 Å². The van der Waals surface area contributed by atoms with E-state index in [1.165, 1.54) is 0 Å². The van der Waals surface area contributed by atoms with Crippen molar-refractivity contribution in [3.05, 3.63) is 0 Å². The lowest BCUT2D eigenvalue weighted by atomic mass is 9.68. The van der Waals surface area contributed by atoms with Crippen LogP contribution in [0.1, 0.15) is 52.4 Å². The molecule has 0 aromatic carbocycles. The molecule has 0 atom stereocenters. The average Bonchev–Trinajstić information content (AvgIpc) is 2.09. The van der Waals surface area contributed by atoms with Crippen LogP contribution in [0.2, 0.25) is 0 Å². The molecule has 1 N–H and O–H groups in total. The fourth-order valence-corrected chi connectivity index (χ4v) is 2.36. The number of carboxylic acid groups (broad SMARTS) is 1. The van der Waals surface area contributed by atoms with Crippen LogP contribution >= 0.6 is 0 Å². The van der Waals surface area contributed by atoms with Crippen molar-refractivity contribution < 1.29 is 9.90 Å². The Morgan fingerprint density at radius 2 is 2.00 bits per heavy atom. The van der Waals surface area contributed by atoms with Gasteiger partial charge in [-0.05, 0) is 38.0 Å². The van der Waals surface area contributed by atoms with Gasteiger partial charge in [0.05, 0.1) is 5.41 Å². The van der Waals surface area contributed by atoms with Crippen molar-refractivity contribution in [3.63, 3.8) is 0 Å². The first-order valence-electron chi connectivity index (χ1n) is 5.34. The van der Waals surface area contributed by atoms with Gasteiger partial charge in [0.2, 0.25) is 0 Å². The molecule has 13 heavy (non-hydrogen) atoms. The Hall–Kier alpha value is -0.530. The fraction of sp³-hybridized carbons (Fsp3) is 0.909. The van der Waals surface area contributed by atoms with Crippen LogP contribution in [-0.4, -0.2) is 11.1 Å². The van der Waals surface area contributed by atoms with Crippen LogP contribution in [0.5, 0.6) is 0 Å². The van der Waals surface area contributed by atoms with Crippen LogP contribution < -0.4 is 0 Å². The van der Waals surface area contributed by atoms with Gasteiger partial charge in [0.15, 0.2) is 0 Å². The second-order valence-corrected chi connectivity index (χ2v) is 4.52. The summed E-state index contributed by atoms with van der Waals surface area (Å²) < 4.78 is 0. The molecule has 0 unspecified atom stereocenters. The summed E-state index contributed by atoms with van der Waals surface area (Å²) in [5, 5.41) is 9.21. The molecule has 0 aromatic heterocycles. The summed E-state index contributed by atoms with van der Waals surface area (Å²) in [5.74, 6) is 0.158. The van der Waals surface area contributed by atoms with E-state index in [4.69, 9.17) is 0 Å². The van der Waals surface area contributed by atoms with Crippen molar-refractivity contribution >= 4 is 5.97 Å². The van der Waals surface area contributed by atoms with Crippen molar-refractivity contribution in [2.75, 3.05) is 0 Å². The Morgan fingerprint density at radius 1 is 1.46 bits per heavy atom. The van der Waals surface area contributed by atoms with Crippen molar-refractivity contribution in [2.24, 2.45) is 11.3 Å². The Balaban J connectivity index is 2.63. The largest absolute Gasteiger partial charge is 0.481 e. The Labute approximate surface area is 80.3 Å². The highest BCUT2D eigenvalue weighted by Gasteiger charge is 2.39. The molecule has 0 bridgehead atoms. The predicted molar refractivity (Wildman–Crippen MR) is 52.6 cm³/mol. The molecular weight excluding hydrogens is 164 g/mol. The van der Waals surface area contributed by atoms with E-state index in [2.05, 4.69) is 13.8 Å². The summed E-state index contributed by atoms with van der Waals surface area (Å²) >= 11 is 0. The second kappa shape index (κ2) is 4.12. The molecule has 0 aromatic rings. The van der Waals surface area contributed by atoms with E-state index >= 15 is 0 Å². The number of carbonyl (C=O) groups is 1. The minimum atomic E-state index is -0.568. The zero-order chi connectivity index (χ0) is 9.90. The van der Waals surface area contributed by atoms with Gasteiger partial charge in [-0.15, -0.1) is 0 Å². The molecule has 1 rings (SSSR count). The highest BCUT2D eigenvalue weighted by atomic mass is 16.4. The van der Waals surface area contributed by atoms with Crippen LogP contribution in [0.15, 0.2) is 0 Å². The summed E-state index contributed by atoms with van der Waals surface area (Å²) in [6.45, 7) is 4.29. The topological polar surface area (TPSA) is 37.3 Å². The van der Waals surface area contributed by atoms with Gasteiger partial charge in [0, 0.05) is 0 Å². The molecule has 1 aliphatic carbocycles. The summed E-state index contributed by atoms with van der Waals surface area (Å²) in [6, 6.07) is 0. The maximum absolute atomic E-state index is 11.2. The van der Waals surface area contributed by atoms with E-state index < -0.39 is 5.97 Å². The van der Waals surface area contributed by atoms with Gasteiger partial charge in [-0.25, -0.2) is 0 Å². The molecular formula is C11H20O2. The Bertz CT molecular complexity index is 179. The monoisotopic (exact) mass is 184 g/mol. The molecule has 0 saturated heterocycles. The number of aliphatic carboxylic acids is 1. The van der Waals surface area contributed by atoms with Crippen LogP contribution in [0.25, 0.3) is 0 Å². The molecule has 0 amide bonds. The third-order valence-corrected chi connectivity index (χ3v) is 3.41. The van der Waals surface area contributed by atoms with Crippen LogP contribution in [0.3, 0.4) is 0 Å². The molecule has 0 heterocycles. The quantitative estimate of drug-likeness (QED) is 0.732. The minimum absolute atomic E-state index is 0.374. The first-order chi connectivity index (χ1) is 6.10. The standard InChI is InChI=1S/C11H20O2/c1-3-6-11(10(12)13)7-4-9(2)5-8-11/h9H,3-8H2,1-2H3,(H,12,13). The Morgan fingerprint density at radius 3 is 2.38 bits per heavy atom. The molecule has 1 fully saturated rings. The van der Waals surface area contributed by atoms with Gasteiger partial charge in [-0.3, -0.25) is 4.79 Å². The van der Waals surface area contributed by atoms with E-state index in [1.807, 2.05) is 0 Å². The smallest absolute Gasteiger partial charge is 0.309 e.